The molecule has 0 amide bonds. The number of aliphatic carboxylic acids is 1. The van der Waals surface area contributed by atoms with E-state index in [0.717, 1.165) is 51.2 Å². The normalized spacial score (nSPS) is 22.6. The maximum absolute atomic E-state index is 14.3. The number of carboxylic acid groups (broad SMARTS) is 1. The lowest BCUT2D eigenvalue weighted by atomic mass is 9.83. The number of halogens is 1. The van der Waals surface area contributed by atoms with Crippen LogP contribution in [0.25, 0.3) is 11.6 Å². The summed E-state index contributed by atoms with van der Waals surface area (Å²) in [5.74, 6) is -1.31. The van der Waals surface area contributed by atoms with Crippen molar-refractivity contribution in [2.45, 2.75) is 19.3 Å². The minimum Gasteiger partial charge on any atom is -0.481 e. The summed E-state index contributed by atoms with van der Waals surface area (Å²) in [5, 5.41) is 13.8. The Labute approximate surface area is 162 Å². The zero-order chi connectivity index (χ0) is 19.4. The number of hydrogen-bond acceptors (Lipinski definition) is 4. The van der Waals surface area contributed by atoms with Gasteiger partial charge in [0.05, 0.1) is 17.3 Å². The third-order valence-corrected chi connectivity index (χ3v) is 5.86. The van der Waals surface area contributed by atoms with E-state index in [4.69, 9.17) is 0 Å². The maximum Gasteiger partial charge on any atom is 0.306 e. The molecule has 0 aromatic heterocycles. The molecule has 142 valence electrons. The van der Waals surface area contributed by atoms with E-state index in [2.05, 4.69) is 15.4 Å². The predicted molar refractivity (Wildman–Crippen MR) is 106 cm³/mol. The number of carbonyl (C=O) groups is 1. The van der Waals surface area contributed by atoms with Crippen LogP contribution in [0.1, 0.15) is 36.0 Å². The van der Waals surface area contributed by atoms with Crippen molar-refractivity contribution in [2.75, 3.05) is 13.6 Å². The van der Waals surface area contributed by atoms with E-state index >= 15 is 0 Å². The Balaban J connectivity index is 1.65. The summed E-state index contributed by atoms with van der Waals surface area (Å²) in [6.45, 7) is 0.702. The van der Waals surface area contributed by atoms with Gasteiger partial charge in [0.25, 0.3) is 0 Å². The fourth-order valence-corrected chi connectivity index (χ4v) is 4.47. The van der Waals surface area contributed by atoms with E-state index in [-0.39, 0.29) is 11.7 Å². The van der Waals surface area contributed by atoms with Gasteiger partial charge in [0.15, 0.2) is 0 Å². The molecule has 6 heteroatoms. The SMILES string of the molecule is CN1C=C2C(=C(C3=CCC(C(=O)O)CC3)C1)NN=C1C=Cc3cc(F)cc2c31. The molecule has 1 atom stereocenters. The molecule has 5 nitrogen and oxygen atoms in total. The Bertz CT molecular complexity index is 1060. The van der Waals surface area contributed by atoms with Gasteiger partial charge in [-0.2, -0.15) is 5.10 Å². The van der Waals surface area contributed by atoms with Crippen molar-refractivity contribution in [3.05, 3.63) is 69.8 Å². The minimum absolute atomic E-state index is 0.266. The molecule has 0 saturated carbocycles. The molecular formula is C22H20FN3O2. The molecule has 0 fully saturated rings. The zero-order valence-electron chi connectivity index (χ0n) is 15.5. The quantitative estimate of drug-likeness (QED) is 0.828. The Kier molecular flexibility index (Phi) is 3.75. The number of fused-ring (bicyclic) bond motifs is 2. The van der Waals surface area contributed by atoms with Crippen LogP contribution in [0.2, 0.25) is 0 Å². The number of benzene rings is 1. The lowest BCUT2D eigenvalue weighted by Gasteiger charge is -2.31. The highest BCUT2D eigenvalue weighted by Crippen LogP contribution is 2.40. The summed E-state index contributed by atoms with van der Waals surface area (Å²) in [4.78, 5) is 13.4. The van der Waals surface area contributed by atoms with Crippen molar-refractivity contribution in [3.8, 4) is 0 Å². The first-order valence-electron chi connectivity index (χ1n) is 9.45. The van der Waals surface area contributed by atoms with Gasteiger partial charge in [0.2, 0.25) is 0 Å². The third kappa shape index (κ3) is 2.59. The van der Waals surface area contributed by atoms with Gasteiger partial charge in [-0.15, -0.1) is 0 Å². The molecule has 2 heterocycles. The van der Waals surface area contributed by atoms with Crippen molar-refractivity contribution in [2.24, 2.45) is 11.0 Å². The van der Waals surface area contributed by atoms with Gasteiger partial charge in [-0.05, 0) is 59.7 Å². The van der Waals surface area contributed by atoms with Crippen molar-refractivity contribution in [3.63, 3.8) is 0 Å². The number of nitrogens with one attached hydrogen (secondary N) is 1. The van der Waals surface area contributed by atoms with Crippen LogP contribution < -0.4 is 5.43 Å². The summed E-state index contributed by atoms with van der Waals surface area (Å²) in [6, 6.07) is 3.11. The second kappa shape index (κ2) is 6.19. The second-order valence-electron chi connectivity index (χ2n) is 7.71. The van der Waals surface area contributed by atoms with Gasteiger partial charge in [-0.25, -0.2) is 4.39 Å². The molecule has 4 aliphatic rings. The van der Waals surface area contributed by atoms with Crippen LogP contribution in [0.3, 0.4) is 0 Å². The first kappa shape index (κ1) is 17.0. The summed E-state index contributed by atoms with van der Waals surface area (Å²) < 4.78 is 14.3. The fraction of sp³-hybridized carbons (Fsp3) is 0.273. The first-order chi connectivity index (χ1) is 13.5. The van der Waals surface area contributed by atoms with E-state index < -0.39 is 5.97 Å². The van der Waals surface area contributed by atoms with Crippen LogP contribution in [-0.4, -0.2) is 35.3 Å². The largest absolute Gasteiger partial charge is 0.481 e. The molecule has 1 aromatic rings. The van der Waals surface area contributed by atoms with Crippen molar-refractivity contribution in [1.29, 1.82) is 0 Å². The monoisotopic (exact) mass is 377 g/mol. The average molecular weight is 377 g/mol. The molecule has 0 bridgehead atoms. The van der Waals surface area contributed by atoms with Crippen LogP contribution >= 0.6 is 0 Å². The van der Waals surface area contributed by atoms with Gasteiger partial charge in [-0.1, -0.05) is 12.2 Å². The first-order valence-corrected chi connectivity index (χ1v) is 9.45. The number of nitrogens with zero attached hydrogens (tertiary/aromatic N) is 2. The summed E-state index contributed by atoms with van der Waals surface area (Å²) >= 11 is 0. The summed E-state index contributed by atoms with van der Waals surface area (Å²) in [7, 11) is 2.00. The minimum atomic E-state index is -0.734. The number of carboxylic acids is 1. The van der Waals surface area contributed by atoms with Crippen LogP contribution in [-0.2, 0) is 4.79 Å². The topological polar surface area (TPSA) is 64.9 Å². The summed E-state index contributed by atoms with van der Waals surface area (Å²) in [5.41, 5.74) is 10.7. The fourth-order valence-electron chi connectivity index (χ4n) is 4.47. The lowest BCUT2D eigenvalue weighted by Crippen LogP contribution is -2.27. The molecule has 2 N–H and O–H groups in total. The highest BCUT2D eigenvalue weighted by molar-refractivity contribution is 6.20. The Hall–Kier alpha value is -3.15. The Morgan fingerprint density at radius 3 is 2.96 bits per heavy atom. The van der Waals surface area contributed by atoms with E-state index in [1.54, 1.807) is 6.07 Å². The smallest absolute Gasteiger partial charge is 0.306 e. The van der Waals surface area contributed by atoms with Crippen LogP contribution in [0.5, 0.6) is 0 Å². The molecule has 0 spiro atoms. The summed E-state index contributed by atoms with van der Waals surface area (Å²) in [6.07, 6.45) is 9.75. The van der Waals surface area contributed by atoms with Gasteiger partial charge in [0, 0.05) is 30.9 Å². The highest BCUT2D eigenvalue weighted by Gasteiger charge is 2.31. The molecule has 0 saturated heterocycles. The highest BCUT2D eigenvalue weighted by atomic mass is 19.1. The number of allylic oxidation sites excluding steroid dienone is 3. The van der Waals surface area contributed by atoms with Crippen molar-refractivity contribution in [1.82, 2.24) is 10.3 Å². The third-order valence-electron chi connectivity index (χ3n) is 5.86. The van der Waals surface area contributed by atoms with Crippen LogP contribution in [0, 0.1) is 11.7 Å². The van der Waals surface area contributed by atoms with Gasteiger partial charge < -0.3 is 10.0 Å². The van der Waals surface area contributed by atoms with Gasteiger partial charge >= 0.3 is 5.97 Å². The number of hydrogen-bond donors (Lipinski definition) is 2. The Morgan fingerprint density at radius 1 is 1.36 bits per heavy atom. The Morgan fingerprint density at radius 2 is 2.21 bits per heavy atom. The standard InChI is InChI=1S/C22H20FN3O2/c1-26-10-17(12-2-4-13(5-3-12)22(27)28)21-18(11-26)16-9-15(23)8-14-6-7-19(20(14)16)24-25-21/h2,6-9,11,13,25H,3-5,10H2,1H3,(H,27,28). The van der Waals surface area contributed by atoms with E-state index in [1.165, 1.54) is 6.07 Å². The van der Waals surface area contributed by atoms with E-state index in [1.807, 2.05) is 31.5 Å². The van der Waals surface area contributed by atoms with Gasteiger partial charge in [-0.3, -0.25) is 10.2 Å². The molecule has 1 aromatic carbocycles. The number of likely N-dealkylation sites (N-methyl/N-ethyl adjacent to an activating group) is 1. The van der Waals surface area contributed by atoms with Crippen LogP contribution in [0.4, 0.5) is 4.39 Å². The number of rotatable bonds is 2. The van der Waals surface area contributed by atoms with Crippen LogP contribution in [0.15, 0.2) is 52.4 Å². The molecule has 28 heavy (non-hydrogen) atoms. The average Bonchev–Trinajstić information content (AvgIpc) is 3.01. The van der Waals surface area contributed by atoms with E-state index in [9.17, 15) is 14.3 Å². The van der Waals surface area contributed by atoms with Crippen molar-refractivity contribution >= 4 is 23.3 Å². The molecule has 5 rings (SSSR count). The van der Waals surface area contributed by atoms with Crippen molar-refractivity contribution < 1.29 is 14.3 Å². The lowest BCUT2D eigenvalue weighted by molar-refractivity contribution is -0.141. The second-order valence-corrected chi connectivity index (χ2v) is 7.71. The predicted octanol–water partition coefficient (Wildman–Crippen LogP) is 3.51. The molecule has 0 radical (unpaired) electrons. The maximum atomic E-state index is 14.3. The van der Waals surface area contributed by atoms with Gasteiger partial charge in [0.1, 0.15) is 5.82 Å². The molecule has 2 aliphatic heterocycles. The molecule has 1 unspecified atom stereocenters. The zero-order valence-corrected chi connectivity index (χ0v) is 15.5. The molecular weight excluding hydrogens is 357 g/mol. The van der Waals surface area contributed by atoms with E-state index in [0.29, 0.717) is 19.4 Å². The number of hydrazone groups is 1. The molecule has 2 aliphatic carbocycles.